The van der Waals surface area contributed by atoms with Crippen LogP contribution in [-0.2, 0) is 0 Å². The summed E-state index contributed by atoms with van der Waals surface area (Å²) >= 11 is 0. The van der Waals surface area contributed by atoms with Crippen LogP contribution in [0.1, 0.15) is 6.42 Å². The van der Waals surface area contributed by atoms with Gasteiger partial charge < -0.3 is 15.5 Å². The van der Waals surface area contributed by atoms with E-state index in [0.29, 0.717) is 5.92 Å². The predicted octanol–water partition coefficient (Wildman–Crippen LogP) is -0.379. The van der Waals surface area contributed by atoms with Crippen LogP contribution in [0.15, 0.2) is 0 Å². The van der Waals surface area contributed by atoms with Crippen molar-refractivity contribution in [1.29, 1.82) is 0 Å². The van der Waals surface area contributed by atoms with E-state index < -0.39 is 0 Å². The Hall–Kier alpha value is -0.770. The fraction of sp³-hybridized carbons (Fsp3) is 0.875. The van der Waals surface area contributed by atoms with Gasteiger partial charge in [0.05, 0.1) is 0 Å². The zero-order valence-corrected chi connectivity index (χ0v) is 7.18. The Morgan fingerprint density at radius 1 is 1.50 bits per heavy atom. The molecular weight excluding hydrogens is 154 g/mol. The largest absolute Gasteiger partial charge is 0.336 e. The van der Waals surface area contributed by atoms with Crippen LogP contribution in [0.2, 0.25) is 0 Å². The minimum atomic E-state index is 0.113. The first-order valence-corrected chi connectivity index (χ1v) is 4.60. The molecule has 2 aliphatic heterocycles. The molecule has 0 aromatic rings. The summed E-state index contributed by atoms with van der Waals surface area (Å²) in [6.45, 7) is 4.82. The highest BCUT2D eigenvalue weighted by atomic mass is 16.2. The van der Waals surface area contributed by atoms with E-state index in [2.05, 4.69) is 10.6 Å². The molecule has 2 rings (SSSR count). The third-order valence-electron chi connectivity index (χ3n) is 2.59. The average molecular weight is 169 g/mol. The van der Waals surface area contributed by atoms with Crippen LogP contribution in [0.25, 0.3) is 0 Å². The Morgan fingerprint density at radius 3 is 3.00 bits per heavy atom. The lowest BCUT2D eigenvalue weighted by atomic mass is 10.1. The number of nitrogens with zero attached hydrogens (tertiary/aromatic N) is 1. The molecule has 4 heteroatoms. The molecule has 12 heavy (non-hydrogen) atoms. The molecule has 0 aliphatic carbocycles. The molecule has 2 heterocycles. The second kappa shape index (κ2) is 3.31. The van der Waals surface area contributed by atoms with Gasteiger partial charge >= 0.3 is 6.03 Å². The van der Waals surface area contributed by atoms with Crippen molar-refractivity contribution in [2.24, 2.45) is 5.92 Å². The van der Waals surface area contributed by atoms with E-state index >= 15 is 0 Å². The number of amides is 2. The van der Waals surface area contributed by atoms with Gasteiger partial charge in [0.1, 0.15) is 0 Å². The summed E-state index contributed by atoms with van der Waals surface area (Å²) in [5.74, 6) is 0.675. The van der Waals surface area contributed by atoms with Gasteiger partial charge in [0, 0.05) is 19.6 Å². The van der Waals surface area contributed by atoms with Gasteiger partial charge in [-0.25, -0.2) is 4.79 Å². The Bertz CT molecular complexity index is 177. The Kier molecular flexibility index (Phi) is 2.17. The van der Waals surface area contributed by atoms with Crippen molar-refractivity contribution < 1.29 is 4.79 Å². The van der Waals surface area contributed by atoms with E-state index in [1.807, 2.05) is 4.90 Å². The van der Waals surface area contributed by atoms with Gasteiger partial charge in [0.25, 0.3) is 0 Å². The van der Waals surface area contributed by atoms with Crippen molar-refractivity contribution in [3.63, 3.8) is 0 Å². The van der Waals surface area contributed by atoms with E-state index in [1.54, 1.807) is 0 Å². The van der Waals surface area contributed by atoms with Crippen molar-refractivity contribution in [3.05, 3.63) is 0 Å². The normalized spacial score (nSPS) is 29.5. The Labute approximate surface area is 72.3 Å². The first-order chi connectivity index (χ1) is 5.86. The minimum absolute atomic E-state index is 0.113. The van der Waals surface area contributed by atoms with Gasteiger partial charge in [-0.05, 0) is 25.4 Å². The van der Waals surface area contributed by atoms with Crippen LogP contribution in [0, 0.1) is 5.92 Å². The van der Waals surface area contributed by atoms with Crippen molar-refractivity contribution in [3.8, 4) is 0 Å². The quantitative estimate of drug-likeness (QED) is 0.592. The fourth-order valence-electron chi connectivity index (χ4n) is 1.87. The molecular formula is C8H15N3O. The van der Waals surface area contributed by atoms with Gasteiger partial charge in [-0.3, -0.25) is 0 Å². The van der Waals surface area contributed by atoms with Crippen molar-refractivity contribution in [2.45, 2.75) is 6.42 Å². The van der Waals surface area contributed by atoms with E-state index in [9.17, 15) is 4.79 Å². The molecule has 2 aliphatic rings. The summed E-state index contributed by atoms with van der Waals surface area (Å²) in [6, 6.07) is 0.113. The van der Waals surface area contributed by atoms with E-state index in [1.165, 1.54) is 6.42 Å². The van der Waals surface area contributed by atoms with Crippen LogP contribution in [0.5, 0.6) is 0 Å². The number of carbonyl (C=O) groups is 1. The topological polar surface area (TPSA) is 44.4 Å². The van der Waals surface area contributed by atoms with E-state index in [0.717, 1.165) is 32.7 Å². The lowest BCUT2D eigenvalue weighted by Crippen LogP contribution is -2.33. The lowest BCUT2D eigenvalue weighted by Gasteiger charge is -2.17. The number of hydrogen-bond donors (Lipinski definition) is 2. The molecule has 2 saturated heterocycles. The van der Waals surface area contributed by atoms with Crippen LogP contribution < -0.4 is 10.6 Å². The summed E-state index contributed by atoms with van der Waals surface area (Å²) < 4.78 is 0. The first kappa shape index (κ1) is 7.86. The number of urea groups is 1. The van der Waals surface area contributed by atoms with Crippen molar-refractivity contribution in [2.75, 3.05) is 32.7 Å². The number of hydrogen-bond acceptors (Lipinski definition) is 2. The van der Waals surface area contributed by atoms with Gasteiger partial charge in [-0.1, -0.05) is 0 Å². The molecule has 0 radical (unpaired) electrons. The first-order valence-electron chi connectivity index (χ1n) is 4.60. The summed E-state index contributed by atoms with van der Waals surface area (Å²) in [4.78, 5) is 13.1. The highest BCUT2D eigenvalue weighted by molar-refractivity contribution is 5.76. The monoisotopic (exact) mass is 169 g/mol. The summed E-state index contributed by atoms with van der Waals surface area (Å²) in [5, 5.41) is 6.11. The smallest absolute Gasteiger partial charge is 0.317 e. The summed E-state index contributed by atoms with van der Waals surface area (Å²) in [5.41, 5.74) is 0. The van der Waals surface area contributed by atoms with Crippen LogP contribution in [0.3, 0.4) is 0 Å². The maximum atomic E-state index is 11.2. The van der Waals surface area contributed by atoms with Crippen molar-refractivity contribution in [1.82, 2.24) is 15.5 Å². The van der Waals surface area contributed by atoms with Gasteiger partial charge in [0.2, 0.25) is 0 Å². The molecule has 1 unspecified atom stereocenters. The second-order valence-corrected chi connectivity index (χ2v) is 3.54. The summed E-state index contributed by atoms with van der Waals surface area (Å²) in [6.07, 6.45) is 1.21. The maximum absolute atomic E-state index is 11.2. The predicted molar refractivity (Wildman–Crippen MR) is 45.9 cm³/mol. The Morgan fingerprint density at radius 2 is 2.42 bits per heavy atom. The highest BCUT2D eigenvalue weighted by Gasteiger charge is 2.24. The zero-order valence-electron chi connectivity index (χ0n) is 7.18. The van der Waals surface area contributed by atoms with Crippen LogP contribution >= 0.6 is 0 Å². The molecule has 68 valence electrons. The highest BCUT2D eigenvalue weighted by Crippen LogP contribution is 2.10. The molecule has 0 spiro atoms. The third kappa shape index (κ3) is 1.53. The van der Waals surface area contributed by atoms with E-state index in [-0.39, 0.29) is 6.03 Å². The molecule has 1 atom stereocenters. The van der Waals surface area contributed by atoms with Crippen LogP contribution in [0.4, 0.5) is 4.79 Å². The SMILES string of the molecule is O=C1NCCN1CC1CCNC1. The number of nitrogens with one attached hydrogen (secondary N) is 2. The summed E-state index contributed by atoms with van der Waals surface area (Å²) in [7, 11) is 0. The molecule has 0 aromatic heterocycles. The molecule has 0 bridgehead atoms. The van der Waals surface area contributed by atoms with Gasteiger partial charge in [-0.2, -0.15) is 0 Å². The Balaban J connectivity index is 1.81. The van der Waals surface area contributed by atoms with E-state index in [4.69, 9.17) is 0 Å². The molecule has 2 amide bonds. The molecule has 0 aromatic carbocycles. The molecule has 2 N–H and O–H groups in total. The zero-order chi connectivity index (χ0) is 8.39. The molecule has 4 nitrogen and oxygen atoms in total. The van der Waals surface area contributed by atoms with Gasteiger partial charge in [-0.15, -0.1) is 0 Å². The average Bonchev–Trinajstić information content (AvgIpc) is 2.65. The minimum Gasteiger partial charge on any atom is -0.336 e. The fourth-order valence-corrected chi connectivity index (χ4v) is 1.87. The molecule has 2 fully saturated rings. The number of rotatable bonds is 2. The molecule has 0 saturated carbocycles. The third-order valence-corrected chi connectivity index (χ3v) is 2.59. The maximum Gasteiger partial charge on any atom is 0.317 e. The van der Waals surface area contributed by atoms with Crippen molar-refractivity contribution >= 4 is 6.03 Å². The standard InChI is InChI=1S/C8H15N3O/c12-8-10-3-4-11(8)6-7-1-2-9-5-7/h7,9H,1-6H2,(H,10,12). The van der Waals surface area contributed by atoms with Gasteiger partial charge in [0.15, 0.2) is 0 Å². The lowest BCUT2D eigenvalue weighted by molar-refractivity contribution is 0.210. The van der Waals surface area contributed by atoms with Crippen LogP contribution in [-0.4, -0.2) is 43.7 Å². The second-order valence-electron chi connectivity index (χ2n) is 3.54. The number of carbonyl (C=O) groups excluding carboxylic acids is 1.